The Hall–Kier alpha value is 0.440. The van der Waals surface area contributed by atoms with Crippen LogP contribution in [0.1, 0.15) is 104 Å². The van der Waals surface area contributed by atoms with Crippen LogP contribution in [0.3, 0.4) is 0 Å². The number of nitrogens with one attached hydrogen (secondary N) is 1. The number of unbranched alkanes of at least 4 members (excludes halogenated alkanes) is 13. The van der Waals surface area contributed by atoms with Crippen molar-refractivity contribution in [3.8, 4) is 0 Å². The van der Waals surface area contributed by atoms with Gasteiger partial charge in [0.1, 0.15) is 5.62 Å². The first-order chi connectivity index (χ1) is 11.7. The first kappa shape index (κ1) is 24.4. The molecule has 24 heavy (non-hydrogen) atoms. The second-order valence-electron chi connectivity index (χ2n) is 6.72. The largest absolute Gasteiger partial charge is 0.317 e. The van der Waals surface area contributed by atoms with Crippen LogP contribution in [-0.4, -0.2) is 18.8 Å². The molecule has 1 unspecified atom stereocenters. The predicted molar refractivity (Wildman–Crippen MR) is 108 cm³/mol. The lowest BCUT2D eigenvalue weighted by Crippen LogP contribution is -2.15. The fourth-order valence-electron chi connectivity index (χ4n) is 2.90. The zero-order chi connectivity index (χ0) is 17.9. The maximum absolute atomic E-state index is 12.1. The molecule has 0 heterocycles. The predicted octanol–water partition coefficient (Wildman–Crippen LogP) is 7.48. The van der Waals surface area contributed by atoms with Crippen LogP contribution in [0.25, 0.3) is 0 Å². The molecule has 0 aliphatic heterocycles. The van der Waals surface area contributed by atoms with Gasteiger partial charge in [-0.2, -0.15) is 0 Å². The summed E-state index contributed by atoms with van der Waals surface area (Å²) in [5, 5.41) is 2.99. The van der Waals surface area contributed by atoms with Crippen LogP contribution in [-0.2, 0) is 9.09 Å². The molecule has 0 saturated carbocycles. The Morgan fingerprint density at radius 1 is 0.750 bits per heavy atom. The minimum absolute atomic E-state index is 0.0550. The van der Waals surface area contributed by atoms with E-state index < -0.39 is 7.52 Å². The van der Waals surface area contributed by atoms with Gasteiger partial charge in [0.05, 0.1) is 6.61 Å². The Kier molecular flexibility index (Phi) is 18.6. The Balaban J connectivity index is 3.21. The van der Waals surface area contributed by atoms with E-state index >= 15 is 0 Å². The summed E-state index contributed by atoms with van der Waals surface area (Å²) in [6.45, 7) is 5.29. The molecule has 0 saturated heterocycles. The Morgan fingerprint density at radius 2 is 1.17 bits per heavy atom. The van der Waals surface area contributed by atoms with Crippen LogP contribution in [0.4, 0.5) is 0 Å². The van der Waals surface area contributed by atoms with E-state index in [9.17, 15) is 4.57 Å². The van der Waals surface area contributed by atoms with Crippen molar-refractivity contribution in [3.63, 3.8) is 0 Å². The lowest BCUT2D eigenvalue weighted by atomic mass is 10.0. The summed E-state index contributed by atoms with van der Waals surface area (Å²) in [5.74, 6) is 0. The number of alkyl halides is 1. The van der Waals surface area contributed by atoms with Crippen molar-refractivity contribution in [1.82, 2.24) is 5.09 Å². The molecule has 0 amide bonds. The summed E-state index contributed by atoms with van der Waals surface area (Å²) < 4.78 is 17.3. The van der Waals surface area contributed by atoms with E-state index in [-0.39, 0.29) is 5.62 Å². The van der Waals surface area contributed by atoms with Gasteiger partial charge in [-0.1, -0.05) is 90.4 Å². The van der Waals surface area contributed by atoms with Gasteiger partial charge in [0.25, 0.3) is 7.52 Å². The molecule has 0 rings (SSSR count). The van der Waals surface area contributed by atoms with Gasteiger partial charge >= 0.3 is 0 Å². The SMILES string of the molecule is CCCCCCCCCCCCCCCCNP(=O)(CCl)OCC. The van der Waals surface area contributed by atoms with Crippen molar-refractivity contribution in [2.24, 2.45) is 0 Å². The molecule has 0 aromatic rings. The van der Waals surface area contributed by atoms with Crippen molar-refractivity contribution in [1.29, 1.82) is 0 Å². The highest BCUT2D eigenvalue weighted by Crippen LogP contribution is 2.42. The summed E-state index contributed by atoms with van der Waals surface area (Å²) in [6, 6.07) is 0. The van der Waals surface area contributed by atoms with E-state index in [0.29, 0.717) is 6.61 Å². The zero-order valence-electron chi connectivity index (χ0n) is 16.2. The summed E-state index contributed by atoms with van der Waals surface area (Å²) in [4.78, 5) is 0. The number of rotatable bonds is 19. The van der Waals surface area contributed by atoms with Crippen molar-refractivity contribution in [2.75, 3.05) is 18.8 Å². The van der Waals surface area contributed by atoms with E-state index in [0.717, 1.165) is 13.0 Å². The second-order valence-corrected chi connectivity index (χ2v) is 9.59. The van der Waals surface area contributed by atoms with Gasteiger partial charge in [0, 0.05) is 6.54 Å². The smallest absolute Gasteiger partial charge is 0.284 e. The summed E-state index contributed by atoms with van der Waals surface area (Å²) in [5.41, 5.74) is 0.0550. The van der Waals surface area contributed by atoms with Gasteiger partial charge < -0.3 is 4.52 Å². The Bertz CT molecular complexity index is 303. The van der Waals surface area contributed by atoms with Gasteiger partial charge in [-0.05, 0) is 13.3 Å². The first-order valence-electron chi connectivity index (χ1n) is 10.2. The quantitative estimate of drug-likeness (QED) is 0.143. The van der Waals surface area contributed by atoms with Gasteiger partial charge in [-0.15, -0.1) is 11.6 Å². The molecule has 0 radical (unpaired) electrons. The lowest BCUT2D eigenvalue weighted by Gasteiger charge is -2.16. The van der Waals surface area contributed by atoms with Crippen molar-refractivity contribution in [3.05, 3.63) is 0 Å². The highest BCUT2D eigenvalue weighted by Gasteiger charge is 2.19. The van der Waals surface area contributed by atoms with E-state index in [1.807, 2.05) is 6.92 Å². The minimum atomic E-state index is -2.77. The molecule has 0 spiro atoms. The summed E-state index contributed by atoms with van der Waals surface area (Å²) in [7, 11) is -2.77. The minimum Gasteiger partial charge on any atom is -0.317 e. The third-order valence-electron chi connectivity index (χ3n) is 4.38. The monoisotopic (exact) mass is 381 g/mol. The van der Waals surface area contributed by atoms with E-state index in [2.05, 4.69) is 12.0 Å². The molecule has 5 heteroatoms. The lowest BCUT2D eigenvalue weighted by molar-refractivity contribution is 0.327. The summed E-state index contributed by atoms with van der Waals surface area (Å²) in [6.07, 6.45) is 18.9. The maximum atomic E-state index is 12.1. The molecule has 0 fully saturated rings. The Labute approximate surface area is 156 Å². The third kappa shape index (κ3) is 15.9. The van der Waals surface area contributed by atoms with Crippen LogP contribution in [0.2, 0.25) is 0 Å². The highest BCUT2D eigenvalue weighted by molar-refractivity contribution is 7.58. The topological polar surface area (TPSA) is 38.3 Å². The van der Waals surface area contributed by atoms with Gasteiger partial charge in [0.2, 0.25) is 0 Å². The van der Waals surface area contributed by atoms with Gasteiger partial charge in [-0.3, -0.25) is 4.57 Å². The molecule has 1 N–H and O–H groups in total. The van der Waals surface area contributed by atoms with Crippen molar-refractivity contribution < 1.29 is 9.09 Å². The molecule has 1 atom stereocenters. The van der Waals surface area contributed by atoms with Crippen LogP contribution >= 0.6 is 19.1 Å². The molecule has 0 aromatic heterocycles. The standard InChI is InChI=1S/C19H41ClNO2P/c1-3-5-6-7-8-9-10-11-12-13-14-15-16-17-18-21-24(22,19-20)23-4-2/h3-19H2,1-2H3,(H,21,22). The van der Waals surface area contributed by atoms with Crippen LogP contribution < -0.4 is 5.09 Å². The van der Waals surface area contributed by atoms with Gasteiger partial charge in [0.15, 0.2) is 0 Å². The third-order valence-corrected chi connectivity index (χ3v) is 7.02. The average Bonchev–Trinajstić information content (AvgIpc) is 2.58. The molecule has 3 nitrogen and oxygen atoms in total. The van der Waals surface area contributed by atoms with Crippen molar-refractivity contribution >= 4 is 19.1 Å². The second kappa shape index (κ2) is 18.2. The zero-order valence-corrected chi connectivity index (χ0v) is 17.8. The van der Waals surface area contributed by atoms with E-state index in [1.165, 1.54) is 83.5 Å². The van der Waals surface area contributed by atoms with E-state index in [4.69, 9.17) is 16.1 Å². The fraction of sp³-hybridized carbons (Fsp3) is 1.00. The molecule has 146 valence electrons. The van der Waals surface area contributed by atoms with Crippen molar-refractivity contribution in [2.45, 2.75) is 104 Å². The maximum Gasteiger partial charge on any atom is 0.284 e. The number of halogens is 1. The molecule has 0 aromatic carbocycles. The molecular weight excluding hydrogens is 341 g/mol. The van der Waals surface area contributed by atoms with Crippen LogP contribution in [0, 0.1) is 0 Å². The van der Waals surface area contributed by atoms with Gasteiger partial charge in [-0.25, -0.2) is 5.09 Å². The Morgan fingerprint density at radius 3 is 1.54 bits per heavy atom. The fourth-order valence-corrected chi connectivity index (χ4v) is 4.52. The number of hydrogen-bond acceptors (Lipinski definition) is 2. The molecule has 0 bridgehead atoms. The molecule has 0 aliphatic carbocycles. The normalized spacial score (nSPS) is 14.0. The molecule has 0 aliphatic rings. The number of hydrogen-bond donors (Lipinski definition) is 1. The van der Waals surface area contributed by atoms with Crippen LogP contribution in [0.5, 0.6) is 0 Å². The van der Waals surface area contributed by atoms with Crippen LogP contribution in [0.15, 0.2) is 0 Å². The highest BCUT2D eigenvalue weighted by atomic mass is 35.5. The molecular formula is C19H41ClNO2P. The average molecular weight is 382 g/mol. The summed E-state index contributed by atoms with van der Waals surface area (Å²) >= 11 is 5.70. The van der Waals surface area contributed by atoms with E-state index in [1.54, 1.807) is 0 Å². The first-order valence-corrected chi connectivity index (χ1v) is 12.6.